The first-order chi connectivity index (χ1) is 9.41. The Balaban J connectivity index is 2.88. The number of hydrogen-bond donors (Lipinski definition) is 1. The van der Waals surface area contributed by atoms with Gasteiger partial charge in [-0.25, -0.2) is 0 Å². The van der Waals surface area contributed by atoms with E-state index in [1.165, 1.54) is 70.6 Å². The molecule has 1 N–H and O–H groups in total. The topological polar surface area (TPSA) is 21.3 Å². The molecule has 0 amide bonds. The minimum Gasteiger partial charge on any atom is -0.380 e. The van der Waals surface area contributed by atoms with Gasteiger partial charge in [-0.1, -0.05) is 71.6 Å². The third-order valence-electron chi connectivity index (χ3n) is 3.49. The molecule has 2 heteroatoms. The van der Waals surface area contributed by atoms with Crippen LogP contribution in [0.25, 0.3) is 0 Å². The molecule has 0 aromatic carbocycles. The highest BCUT2D eigenvalue weighted by molar-refractivity contribution is 4.48. The first-order valence-electron chi connectivity index (χ1n) is 8.70. The van der Waals surface area contributed by atoms with Crippen LogP contribution in [0.2, 0.25) is 0 Å². The van der Waals surface area contributed by atoms with E-state index in [1.54, 1.807) is 0 Å². The monoisotopic (exact) mass is 271 g/mol. The Morgan fingerprint density at radius 3 is 1.74 bits per heavy atom. The number of ether oxygens (including phenoxy) is 1. The van der Waals surface area contributed by atoms with E-state index in [-0.39, 0.29) is 0 Å². The molecule has 0 aliphatic rings. The molecule has 0 aromatic rings. The van der Waals surface area contributed by atoms with Gasteiger partial charge >= 0.3 is 0 Å². The lowest BCUT2D eigenvalue weighted by atomic mass is 10.1. The van der Waals surface area contributed by atoms with Crippen molar-refractivity contribution in [1.82, 2.24) is 5.32 Å². The highest BCUT2D eigenvalue weighted by Crippen LogP contribution is 2.10. The molecular formula is C17H37NO. The molecule has 0 rings (SSSR count). The zero-order valence-corrected chi connectivity index (χ0v) is 13.5. The smallest absolute Gasteiger partial charge is 0.0590 e. The molecule has 116 valence electrons. The molecule has 0 heterocycles. The zero-order chi connectivity index (χ0) is 14.0. The third kappa shape index (κ3) is 17.9. The fraction of sp³-hybridized carbons (Fsp3) is 1.00. The fourth-order valence-corrected chi connectivity index (χ4v) is 2.24. The summed E-state index contributed by atoms with van der Waals surface area (Å²) in [6.07, 6.45) is 15.1. The second kappa shape index (κ2) is 17.9. The molecule has 0 radical (unpaired) electrons. The van der Waals surface area contributed by atoms with E-state index in [9.17, 15) is 0 Å². The van der Waals surface area contributed by atoms with Crippen molar-refractivity contribution in [3.05, 3.63) is 0 Å². The number of nitrogens with one attached hydrogen (secondary N) is 1. The molecule has 0 atom stereocenters. The van der Waals surface area contributed by atoms with E-state index in [2.05, 4.69) is 19.2 Å². The van der Waals surface area contributed by atoms with Crippen LogP contribution in [-0.2, 0) is 4.74 Å². The van der Waals surface area contributed by atoms with Gasteiger partial charge < -0.3 is 10.1 Å². The molecule has 0 aliphatic heterocycles. The highest BCUT2D eigenvalue weighted by Gasteiger charge is 1.93. The van der Waals surface area contributed by atoms with E-state index >= 15 is 0 Å². The van der Waals surface area contributed by atoms with Crippen LogP contribution in [0, 0.1) is 0 Å². The fourth-order valence-electron chi connectivity index (χ4n) is 2.24. The summed E-state index contributed by atoms with van der Waals surface area (Å²) in [5.74, 6) is 0. The van der Waals surface area contributed by atoms with Gasteiger partial charge in [-0.15, -0.1) is 0 Å². The van der Waals surface area contributed by atoms with E-state index in [4.69, 9.17) is 4.74 Å². The van der Waals surface area contributed by atoms with E-state index in [0.29, 0.717) is 0 Å². The molecular weight excluding hydrogens is 234 g/mol. The van der Waals surface area contributed by atoms with E-state index in [0.717, 1.165) is 26.3 Å². The van der Waals surface area contributed by atoms with Crippen molar-refractivity contribution in [2.24, 2.45) is 0 Å². The Hall–Kier alpha value is -0.0800. The Morgan fingerprint density at radius 2 is 1.16 bits per heavy atom. The van der Waals surface area contributed by atoms with Gasteiger partial charge in [0.15, 0.2) is 0 Å². The molecule has 0 saturated heterocycles. The Morgan fingerprint density at radius 1 is 0.579 bits per heavy atom. The first-order valence-corrected chi connectivity index (χ1v) is 8.70. The third-order valence-corrected chi connectivity index (χ3v) is 3.49. The van der Waals surface area contributed by atoms with Gasteiger partial charge in [0.05, 0.1) is 6.61 Å². The minimum atomic E-state index is 0.872. The van der Waals surface area contributed by atoms with Crippen molar-refractivity contribution in [1.29, 1.82) is 0 Å². The maximum atomic E-state index is 5.59. The molecule has 0 saturated carbocycles. The van der Waals surface area contributed by atoms with Crippen LogP contribution in [0.3, 0.4) is 0 Å². The Labute approximate surface area is 121 Å². The van der Waals surface area contributed by atoms with Crippen molar-refractivity contribution in [2.75, 3.05) is 26.3 Å². The minimum absolute atomic E-state index is 0.872. The Bertz CT molecular complexity index is 134. The van der Waals surface area contributed by atoms with Crippen molar-refractivity contribution in [2.45, 2.75) is 84.5 Å². The summed E-state index contributed by atoms with van der Waals surface area (Å²) in [6.45, 7) is 8.41. The lowest BCUT2D eigenvalue weighted by Crippen LogP contribution is -2.20. The lowest BCUT2D eigenvalue weighted by Gasteiger charge is -2.05. The van der Waals surface area contributed by atoms with Crippen molar-refractivity contribution >= 4 is 0 Å². The highest BCUT2D eigenvalue weighted by atomic mass is 16.5. The van der Waals surface area contributed by atoms with Crippen LogP contribution in [-0.4, -0.2) is 26.3 Å². The van der Waals surface area contributed by atoms with E-state index in [1.807, 2.05) is 0 Å². The summed E-state index contributed by atoms with van der Waals surface area (Å²) >= 11 is 0. The maximum absolute atomic E-state index is 5.59. The van der Waals surface area contributed by atoms with Crippen LogP contribution in [0.15, 0.2) is 0 Å². The zero-order valence-electron chi connectivity index (χ0n) is 13.5. The molecule has 0 bridgehead atoms. The standard InChI is InChI=1S/C17H37NO/c1-3-5-6-7-8-9-10-11-12-13-16-19-17-15-18-14-4-2/h18H,3-17H2,1-2H3. The summed E-state index contributed by atoms with van der Waals surface area (Å²) in [5.41, 5.74) is 0. The van der Waals surface area contributed by atoms with E-state index < -0.39 is 0 Å². The average molecular weight is 271 g/mol. The van der Waals surface area contributed by atoms with Gasteiger partial charge in [0.2, 0.25) is 0 Å². The molecule has 2 nitrogen and oxygen atoms in total. The van der Waals surface area contributed by atoms with Crippen molar-refractivity contribution < 1.29 is 4.74 Å². The van der Waals surface area contributed by atoms with Crippen molar-refractivity contribution in [3.8, 4) is 0 Å². The van der Waals surface area contributed by atoms with Gasteiger partial charge in [-0.3, -0.25) is 0 Å². The Kier molecular flexibility index (Phi) is 17.8. The number of unbranched alkanes of at least 4 members (excludes halogenated alkanes) is 9. The summed E-state index contributed by atoms with van der Waals surface area (Å²) < 4.78 is 5.59. The summed E-state index contributed by atoms with van der Waals surface area (Å²) in [5, 5.41) is 3.35. The molecule has 0 fully saturated rings. The van der Waals surface area contributed by atoms with Crippen LogP contribution in [0.5, 0.6) is 0 Å². The summed E-state index contributed by atoms with van der Waals surface area (Å²) in [7, 11) is 0. The van der Waals surface area contributed by atoms with Crippen LogP contribution >= 0.6 is 0 Å². The quantitative estimate of drug-likeness (QED) is 0.402. The predicted octanol–water partition coefficient (Wildman–Crippen LogP) is 4.92. The van der Waals surface area contributed by atoms with Crippen molar-refractivity contribution in [3.63, 3.8) is 0 Å². The molecule has 0 spiro atoms. The normalized spacial score (nSPS) is 11.1. The van der Waals surface area contributed by atoms with Crippen LogP contribution in [0.1, 0.15) is 84.5 Å². The SMILES string of the molecule is CCCCCCCCCCCCOCCNCCC. The second-order valence-electron chi connectivity index (χ2n) is 5.54. The number of hydrogen-bond acceptors (Lipinski definition) is 2. The second-order valence-corrected chi connectivity index (χ2v) is 5.54. The number of rotatable bonds is 16. The lowest BCUT2D eigenvalue weighted by molar-refractivity contribution is 0.131. The molecule has 0 aromatic heterocycles. The first kappa shape index (κ1) is 18.9. The van der Waals surface area contributed by atoms with Crippen LogP contribution in [0.4, 0.5) is 0 Å². The molecule has 19 heavy (non-hydrogen) atoms. The van der Waals surface area contributed by atoms with Gasteiger partial charge in [-0.2, -0.15) is 0 Å². The molecule has 0 aliphatic carbocycles. The predicted molar refractivity (Wildman–Crippen MR) is 85.8 cm³/mol. The summed E-state index contributed by atoms with van der Waals surface area (Å²) in [6, 6.07) is 0. The van der Waals surface area contributed by atoms with Crippen LogP contribution < -0.4 is 5.32 Å². The van der Waals surface area contributed by atoms with Gasteiger partial charge in [0.25, 0.3) is 0 Å². The van der Waals surface area contributed by atoms with Gasteiger partial charge in [0.1, 0.15) is 0 Å². The van der Waals surface area contributed by atoms with Gasteiger partial charge in [0, 0.05) is 13.2 Å². The molecule has 0 unspecified atom stereocenters. The maximum Gasteiger partial charge on any atom is 0.0590 e. The largest absolute Gasteiger partial charge is 0.380 e. The average Bonchev–Trinajstić information content (AvgIpc) is 2.43. The summed E-state index contributed by atoms with van der Waals surface area (Å²) in [4.78, 5) is 0. The van der Waals surface area contributed by atoms with Gasteiger partial charge in [-0.05, 0) is 19.4 Å².